The van der Waals surface area contributed by atoms with E-state index in [-0.39, 0.29) is 11.9 Å². The first-order valence-electron chi connectivity index (χ1n) is 9.57. The number of rotatable bonds is 6. The number of carbonyl (C=O) groups excluding carboxylic acids is 2. The Morgan fingerprint density at radius 3 is 2.55 bits per heavy atom. The summed E-state index contributed by atoms with van der Waals surface area (Å²) in [7, 11) is 3.11. The molecule has 2 aromatic rings. The largest absolute Gasteiger partial charge is 0.493 e. The van der Waals surface area contributed by atoms with E-state index in [9.17, 15) is 9.59 Å². The van der Waals surface area contributed by atoms with Crippen LogP contribution in [-0.4, -0.2) is 55.7 Å². The molecule has 1 aliphatic heterocycles. The SMILES string of the molecule is COc1ccc(NC(=O)NCC2CCN(C(=O)c3cccnc3)CC2)cc1OC. The lowest BCUT2D eigenvalue weighted by Crippen LogP contribution is -2.42. The molecule has 29 heavy (non-hydrogen) atoms. The van der Waals surface area contributed by atoms with Crippen LogP contribution in [0.15, 0.2) is 42.7 Å². The molecule has 0 radical (unpaired) electrons. The van der Waals surface area contributed by atoms with Crippen molar-refractivity contribution in [1.82, 2.24) is 15.2 Å². The van der Waals surface area contributed by atoms with E-state index in [2.05, 4.69) is 15.6 Å². The summed E-state index contributed by atoms with van der Waals surface area (Å²) < 4.78 is 10.4. The molecule has 1 aromatic carbocycles. The van der Waals surface area contributed by atoms with Gasteiger partial charge in [-0.1, -0.05) is 0 Å². The predicted molar refractivity (Wildman–Crippen MR) is 109 cm³/mol. The standard InChI is InChI=1S/C21H26N4O4/c1-28-18-6-5-17(12-19(18)29-2)24-21(27)23-13-15-7-10-25(11-8-15)20(26)16-4-3-9-22-14-16/h3-6,9,12,14-15H,7-8,10-11,13H2,1-2H3,(H2,23,24,27). The third-order valence-corrected chi connectivity index (χ3v) is 5.00. The predicted octanol–water partition coefficient (Wildman–Crippen LogP) is 2.77. The Balaban J connectivity index is 1.43. The number of pyridine rings is 1. The number of hydrogen-bond acceptors (Lipinski definition) is 5. The molecule has 154 valence electrons. The molecule has 2 N–H and O–H groups in total. The van der Waals surface area contributed by atoms with Gasteiger partial charge in [-0.2, -0.15) is 0 Å². The zero-order chi connectivity index (χ0) is 20.6. The molecular weight excluding hydrogens is 372 g/mol. The fourth-order valence-corrected chi connectivity index (χ4v) is 3.34. The number of amides is 3. The third kappa shape index (κ3) is 5.37. The zero-order valence-electron chi connectivity index (χ0n) is 16.7. The van der Waals surface area contributed by atoms with E-state index >= 15 is 0 Å². The molecule has 0 spiro atoms. The average molecular weight is 398 g/mol. The van der Waals surface area contributed by atoms with Crippen LogP contribution in [0.2, 0.25) is 0 Å². The highest BCUT2D eigenvalue weighted by molar-refractivity contribution is 5.94. The van der Waals surface area contributed by atoms with E-state index < -0.39 is 0 Å². The quantitative estimate of drug-likeness (QED) is 0.781. The molecule has 1 aromatic heterocycles. The van der Waals surface area contributed by atoms with Gasteiger partial charge in [-0.15, -0.1) is 0 Å². The van der Waals surface area contributed by atoms with Crippen molar-refractivity contribution < 1.29 is 19.1 Å². The number of nitrogens with one attached hydrogen (secondary N) is 2. The lowest BCUT2D eigenvalue weighted by atomic mass is 9.96. The number of benzene rings is 1. The van der Waals surface area contributed by atoms with Gasteiger partial charge in [0.2, 0.25) is 0 Å². The van der Waals surface area contributed by atoms with E-state index in [1.54, 1.807) is 56.9 Å². The normalized spacial score (nSPS) is 14.2. The van der Waals surface area contributed by atoms with Gasteiger partial charge in [-0.25, -0.2) is 4.79 Å². The summed E-state index contributed by atoms with van der Waals surface area (Å²) in [4.78, 5) is 30.5. The van der Waals surface area contributed by atoms with E-state index in [0.717, 1.165) is 12.8 Å². The highest BCUT2D eigenvalue weighted by atomic mass is 16.5. The first kappa shape index (κ1) is 20.4. The Morgan fingerprint density at radius 1 is 1.14 bits per heavy atom. The molecule has 0 atom stereocenters. The smallest absolute Gasteiger partial charge is 0.319 e. The van der Waals surface area contributed by atoms with E-state index in [1.807, 2.05) is 4.90 Å². The van der Waals surface area contributed by atoms with E-state index in [1.165, 1.54) is 0 Å². The molecule has 3 rings (SSSR count). The van der Waals surface area contributed by atoms with Crippen LogP contribution in [0.4, 0.5) is 10.5 Å². The molecule has 3 amide bonds. The van der Waals surface area contributed by atoms with E-state index in [0.29, 0.717) is 48.3 Å². The molecule has 1 saturated heterocycles. The second kappa shape index (κ2) is 9.77. The fraction of sp³-hybridized carbons (Fsp3) is 0.381. The van der Waals surface area contributed by atoms with Gasteiger partial charge in [0, 0.05) is 43.8 Å². The van der Waals surface area contributed by atoms with Crippen molar-refractivity contribution in [3.63, 3.8) is 0 Å². The second-order valence-electron chi connectivity index (χ2n) is 6.88. The van der Waals surface area contributed by atoms with Crippen LogP contribution < -0.4 is 20.1 Å². The maximum absolute atomic E-state index is 12.5. The number of piperidine rings is 1. The molecule has 8 heteroatoms. The van der Waals surface area contributed by atoms with Crippen LogP contribution in [0.1, 0.15) is 23.2 Å². The number of carbonyl (C=O) groups is 2. The van der Waals surface area contributed by atoms with Crippen molar-refractivity contribution >= 4 is 17.6 Å². The average Bonchev–Trinajstić information content (AvgIpc) is 2.78. The first-order chi connectivity index (χ1) is 14.1. The van der Waals surface area contributed by atoms with Gasteiger partial charge >= 0.3 is 6.03 Å². The van der Waals surface area contributed by atoms with Crippen molar-refractivity contribution in [3.05, 3.63) is 48.3 Å². The third-order valence-electron chi connectivity index (χ3n) is 5.00. The van der Waals surface area contributed by atoms with Gasteiger partial charge in [0.05, 0.1) is 19.8 Å². The molecule has 2 heterocycles. The lowest BCUT2D eigenvalue weighted by molar-refractivity contribution is 0.0690. The Labute approximate surface area is 170 Å². The second-order valence-corrected chi connectivity index (χ2v) is 6.88. The van der Waals surface area contributed by atoms with Crippen molar-refractivity contribution in [2.75, 3.05) is 39.2 Å². The topological polar surface area (TPSA) is 92.8 Å². The molecule has 0 aliphatic carbocycles. The summed E-state index contributed by atoms with van der Waals surface area (Å²) in [5, 5.41) is 5.71. The minimum absolute atomic E-state index is 0.00991. The van der Waals surface area contributed by atoms with Crippen LogP contribution in [0.5, 0.6) is 11.5 Å². The van der Waals surface area contributed by atoms with Gasteiger partial charge in [0.15, 0.2) is 11.5 Å². The van der Waals surface area contributed by atoms with Gasteiger partial charge < -0.3 is 25.0 Å². The van der Waals surface area contributed by atoms with Crippen LogP contribution in [-0.2, 0) is 0 Å². The Bertz CT molecular complexity index is 836. The molecule has 0 saturated carbocycles. The monoisotopic (exact) mass is 398 g/mol. The Kier molecular flexibility index (Phi) is 6.89. The maximum atomic E-state index is 12.5. The van der Waals surface area contributed by atoms with Crippen molar-refractivity contribution in [1.29, 1.82) is 0 Å². The number of likely N-dealkylation sites (tertiary alicyclic amines) is 1. The summed E-state index contributed by atoms with van der Waals surface area (Å²) in [6.45, 7) is 1.92. The van der Waals surface area contributed by atoms with Gasteiger partial charge in [-0.3, -0.25) is 9.78 Å². The number of anilines is 1. The lowest BCUT2D eigenvalue weighted by Gasteiger charge is -2.32. The molecular formula is C21H26N4O4. The van der Waals surface area contributed by atoms with Gasteiger partial charge in [0.1, 0.15) is 0 Å². The fourth-order valence-electron chi connectivity index (χ4n) is 3.34. The summed E-state index contributed by atoms with van der Waals surface area (Å²) in [5.41, 5.74) is 1.23. The number of nitrogens with zero attached hydrogens (tertiary/aromatic N) is 2. The Hall–Kier alpha value is -3.29. The van der Waals surface area contributed by atoms with Crippen molar-refractivity contribution in [2.24, 2.45) is 5.92 Å². The van der Waals surface area contributed by atoms with Gasteiger partial charge in [0.25, 0.3) is 5.91 Å². The van der Waals surface area contributed by atoms with Crippen molar-refractivity contribution in [3.8, 4) is 11.5 Å². The minimum Gasteiger partial charge on any atom is -0.493 e. The number of ether oxygens (including phenoxy) is 2. The molecule has 8 nitrogen and oxygen atoms in total. The van der Waals surface area contributed by atoms with Crippen LogP contribution >= 0.6 is 0 Å². The van der Waals surface area contributed by atoms with Crippen LogP contribution in [0.3, 0.4) is 0 Å². The summed E-state index contributed by atoms with van der Waals surface area (Å²) >= 11 is 0. The van der Waals surface area contributed by atoms with Crippen LogP contribution in [0, 0.1) is 5.92 Å². The van der Waals surface area contributed by atoms with Crippen LogP contribution in [0.25, 0.3) is 0 Å². The number of hydrogen-bond donors (Lipinski definition) is 2. The minimum atomic E-state index is -0.272. The number of aromatic nitrogens is 1. The summed E-state index contributed by atoms with van der Waals surface area (Å²) in [6.07, 6.45) is 4.95. The maximum Gasteiger partial charge on any atom is 0.319 e. The highest BCUT2D eigenvalue weighted by Crippen LogP contribution is 2.29. The summed E-state index contributed by atoms with van der Waals surface area (Å²) in [5.74, 6) is 1.50. The van der Waals surface area contributed by atoms with Gasteiger partial charge in [-0.05, 0) is 43.0 Å². The number of urea groups is 1. The van der Waals surface area contributed by atoms with E-state index in [4.69, 9.17) is 9.47 Å². The summed E-state index contributed by atoms with van der Waals surface area (Å²) in [6, 6.07) is 8.47. The molecule has 0 bridgehead atoms. The Morgan fingerprint density at radius 2 is 1.90 bits per heavy atom. The molecule has 1 fully saturated rings. The molecule has 1 aliphatic rings. The highest BCUT2D eigenvalue weighted by Gasteiger charge is 2.24. The first-order valence-corrected chi connectivity index (χ1v) is 9.57. The molecule has 0 unspecified atom stereocenters. The number of methoxy groups -OCH3 is 2. The van der Waals surface area contributed by atoms with Crippen molar-refractivity contribution in [2.45, 2.75) is 12.8 Å². The zero-order valence-corrected chi connectivity index (χ0v) is 16.7.